The van der Waals surface area contributed by atoms with Crippen molar-refractivity contribution >= 4 is 40.5 Å². The Bertz CT molecular complexity index is 740. The van der Waals surface area contributed by atoms with E-state index in [9.17, 15) is 14.4 Å². The number of amides is 2. The topological polar surface area (TPSA) is 108 Å². The maximum Gasteiger partial charge on any atom is 0.347 e. The Morgan fingerprint density at radius 1 is 1.38 bits per heavy atom. The van der Waals surface area contributed by atoms with Gasteiger partial charge < -0.3 is 15.7 Å². The van der Waals surface area contributed by atoms with Gasteiger partial charge in [-0.25, -0.2) is 9.78 Å². The van der Waals surface area contributed by atoms with Gasteiger partial charge >= 0.3 is 5.97 Å². The van der Waals surface area contributed by atoms with E-state index in [1.165, 1.54) is 11.3 Å². The van der Waals surface area contributed by atoms with Gasteiger partial charge in [-0.05, 0) is 25.3 Å². The van der Waals surface area contributed by atoms with Crippen LogP contribution in [0, 0.1) is 6.92 Å². The standard InChI is InChI=1S/C15H17N3O4S2/c1-8-12(15(21)22)24-14(18-8)9(2)17-11(19)3-5-16-13(20)10-4-6-23-7-10/h4,6-7,9H,3,5H2,1-2H3,(H,16,20)(H,17,19)(H,21,22). The summed E-state index contributed by atoms with van der Waals surface area (Å²) in [6, 6.07) is 1.33. The Hall–Kier alpha value is -2.26. The third kappa shape index (κ3) is 4.62. The summed E-state index contributed by atoms with van der Waals surface area (Å²) in [5.41, 5.74) is 1.01. The molecule has 1 atom stereocenters. The number of aryl methyl sites for hydroxylation is 1. The van der Waals surface area contributed by atoms with Gasteiger partial charge in [0.05, 0.1) is 11.7 Å². The summed E-state index contributed by atoms with van der Waals surface area (Å²) in [7, 11) is 0. The van der Waals surface area contributed by atoms with E-state index in [4.69, 9.17) is 5.11 Å². The highest BCUT2D eigenvalue weighted by molar-refractivity contribution is 7.13. The van der Waals surface area contributed by atoms with Gasteiger partial charge in [-0.3, -0.25) is 9.59 Å². The van der Waals surface area contributed by atoms with Crippen molar-refractivity contribution in [3.8, 4) is 0 Å². The number of carbonyl (C=O) groups excluding carboxylic acids is 2. The molecule has 2 aromatic heterocycles. The molecule has 0 aliphatic rings. The molecule has 3 N–H and O–H groups in total. The van der Waals surface area contributed by atoms with Crippen LogP contribution in [0.3, 0.4) is 0 Å². The highest BCUT2D eigenvalue weighted by atomic mass is 32.1. The highest BCUT2D eigenvalue weighted by Crippen LogP contribution is 2.23. The number of nitrogens with zero attached hydrogens (tertiary/aromatic N) is 1. The number of carboxylic acid groups (broad SMARTS) is 1. The predicted molar refractivity (Wildman–Crippen MR) is 91.6 cm³/mol. The average Bonchev–Trinajstić information content (AvgIpc) is 3.16. The van der Waals surface area contributed by atoms with Gasteiger partial charge in [0.25, 0.3) is 5.91 Å². The van der Waals surface area contributed by atoms with E-state index in [1.807, 2.05) is 5.38 Å². The summed E-state index contributed by atoms with van der Waals surface area (Å²) in [6.45, 7) is 3.59. The first-order valence-electron chi connectivity index (χ1n) is 7.19. The summed E-state index contributed by atoms with van der Waals surface area (Å²) in [5.74, 6) is -1.47. The molecule has 2 aromatic rings. The van der Waals surface area contributed by atoms with Crippen LogP contribution in [-0.4, -0.2) is 34.4 Å². The van der Waals surface area contributed by atoms with Gasteiger partial charge in [0.2, 0.25) is 5.91 Å². The zero-order chi connectivity index (χ0) is 17.7. The van der Waals surface area contributed by atoms with Crippen molar-refractivity contribution < 1.29 is 19.5 Å². The summed E-state index contributed by atoms with van der Waals surface area (Å²) in [6.07, 6.45) is 0.135. The van der Waals surface area contributed by atoms with Crippen molar-refractivity contribution in [2.45, 2.75) is 26.3 Å². The highest BCUT2D eigenvalue weighted by Gasteiger charge is 2.19. The molecular weight excluding hydrogens is 350 g/mol. The first-order chi connectivity index (χ1) is 11.4. The van der Waals surface area contributed by atoms with Crippen LogP contribution in [0.1, 0.15) is 50.1 Å². The molecule has 7 nitrogen and oxygen atoms in total. The van der Waals surface area contributed by atoms with E-state index in [0.717, 1.165) is 11.3 Å². The van der Waals surface area contributed by atoms with Crippen molar-refractivity contribution in [3.05, 3.63) is 38.0 Å². The molecule has 0 spiro atoms. The van der Waals surface area contributed by atoms with E-state index in [0.29, 0.717) is 16.3 Å². The number of thiophene rings is 1. The minimum atomic E-state index is -1.02. The number of thiazole rings is 1. The zero-order valence-corrected chi connectivity index (χ0v) is 14.8. The Balaban J connectivity index is 1.80. The quantitative estimate of drug-likeness (QED) is 0.695. The lowest BCUT2D eigenvalue weighted by molar-refractivity contribution is -0.121. The summed E-state index contributed by atoms with van der Waals surface area (Å²) in [4.78, 5) is 39.0. The number of nitrogens with one attached hydrogen (secondary N) is 2. The number of aromatic nitrogens is 1. The average molecular weight is 367 g/mol. The molecule has 0 saturated heterocycles. The molecule has 0 fully saturated rings. The van der Waals surface area contributed by atoms with Crippen LogP contribution in [0.5, 0.6) is 0 Å². The first-order valence-corrected chi connectivity index (χ1v) is 8.94. The largest absolute Gasteiger partial charge is 0.477 e. The second-order valence-electron chi connectivity index (χ2n) is 5.08. The fourth-order valence-corrected chi connectivity index (χ4v) is 3.51. The van der Waals surface area contributed by atoms with Crippen LogP contribution in [-0.2, 0) is 4.79 Å². The number of hydrogen-bond donors (Lipinski definition) is 3. The summed E-state index contributed by atoms with van der Waals surface area (Å²) < 4.78 is 0. The van der Waals surface area contributed by atoms with Gasteiger partial charge in [-0.15, -0.1) is 11.3 Å². The third-order valence-corrected chi connectivity index (χ3v) is 5.19. The molecule has 24 heavy (non-hydrogen) atoms. The van der Waals surface area contributed by atoms with E-state index in [1.54, 1.807) is 25.3 Å². The SMILES string of the molecule is Cc1nc(C(C)NC(=O)CCNC(=O)c2ccsc2)sc1C(=O)O. The van der Waals surface area contributed by atoms with Crippen LogP contribution in [0.25, 0.3) is 0 Å². The Morgan fingerprint density at radius 2 is 2.12 bits per heavy atom. The van der Waals surface area contributed by atoms with Crippen LogP contribution in [0.2, 0.25) is 0 Å². The van der Waals surface area contributed by atoms with E-state index in [-0.39, 0.29) is 35.7 Å². The smallest absolute Gasteiger partial charge is 0.347 e. The van der Waals surface area contributed by atoms with E-state index in [2.05, 4.69) is 15.6 Å². The van der Waals surface area contributed by atoms with Gasteiger partial charge in [0, 0.05) is 23.9 Å². The number of hydrogen-bond acceptors (Lipinski definition) is 6. The monoisotopic (exact) mass is 367 g/mol. The second-order valence-corrected chi connectivity index (χ2v) is 6.89. The van der Waals surface area contributed by atoms with Crippen LogP contribution >= 0.6 is 22.7 Å². The van der Waals surface area contributed by atoms with Crippen molar-refractivity contribution in [3.63, 3.8) is 0 Å². The minimum absolute atomic E-state index is 0.135. The van der Waals surface area contributed by atoms with E-state index < -0.39 is 5.97 Å². The minimum Gasteiger partial charge on any atom is -0.477 e. The van der Waals surface area contributed by atoms with Crippen LogP contribution in [0.15, 0.2) is 16.8 Å². The Labute approximate surface area is 146 Å². The number of rotatable bonds is 7. The third-order valence-electron chi connectivity index (χ3n) is 3.18. The van der Waals surface area contributed by atoms with Crippen molar-refractivity contribution in [1.82, 2.24) is 15.6 Å². The Kier molecular flexibility index (Phi) is 6.04. The lowest BCUT2D eigenvalue weighted by atomic mass is 10.3. The zero-order valence-electron chi connectivity index (χ0n) is 13.2. The number of aromatic carboxylic acids is 1. The molecule has 9 heteroatoms. The Morgan fingerprint density at radius 3 is 2.71 bits per heavy atom. The normalized spacial score (nSPS) is 11.8. The molecule has 0 saturated carbocycles. The molecule has 2 heterocycles. The van der Waals surface area contributed by atoms with Crippen molar-refractivity contribution in [2.24, 2.45) is 0 Å². The fourth-order valence-electron chi connectivity index (χ4n) is 1.96. The van der Waals surface area contributed by atoms with Crippen molar-refractivity contribution in [2.75, 3.05) is 6.54 Å². The molecule has 0 bridgehead atoms. The number of carboxylic acids is 1. The summed E-state index contributed by atoms with van der Waals surface area (Å²) in [5, 5.41) is 18.5. The molecule has 128 valence electrons. The second kappa shape index (κ2) is 8.02. The van der Waals surface area contributed by atoms with Gasteiger partial charge in [0.1, 0.15) is 9.88 Å². The molecule has 0 aromatic carbocycles. The lowest BCUT2D eigenvalue weighted by Gasteiger charge is -2.11. The molecule has 0 radical (unpaired) electrons. The maximum absolute atomic E-state index is 11.9. The van der Waals surface area contributed by atoms with Crippen LogP contribution in [0.4, 0.5) is 0 Å². The maximum atomic E-state index is 11.9. The molecule has 2 rings (SSSR count). The van der Waals surface area contributed by atoms with Gasteiger partial charge in [-0.2, -0.15) is 11.3 Å². The van der Waals surface area contributed by atoms with E-state index >= 15 is 0 Å². The summed E-state index contributed by atoms with van der Waals surface area (Å²) >= 11 is 2.48. The van der Waals surface area contributed by atoms with Gasteiger partial charge in [0.15, 0.2) is 0 Å². The predicted octanol–water partition coefficient (Wildman–Crippen LogP) is 2.21. The fraction of sp³-hybridized carbons (Fsp3) is 0.333. The molecular formula is C15H17N3O4S2. The number of carbonyl (C=O) groups is 3. The van der Waals surface area contributed by atoms with Crippen molar-refractivity contribution in [1.29, 1.82) is 0 Å². The molecule has 0 aliphatic carbocycles. The molecule has 1 unspecified atom stereocenters. The molecule has 0 aliphatic heterocycles. The molecule has 2 amide bonds. The van der Waals surface area contributed by atoms with Gasteiger partial charge in [-0.1, -0.05) is 0 Å². The first kappa shape index (κ1) is 18.1. The van der Waals surface area contributed by atoms with Crippen LogP contribution < -0.4 is 10.6 Å². The lowest BCUT2D eigenvalue weighted by Crippen LogP contribution is -2.31.